The number of piperidine rings is 1. The van der Waals surface area contributed by atoms with E-state index in [0.717, 1.165) is 0 Å². The number of amides is 2. The Labute approximate surface area is 196 Å². The van der Waals surface area contributed by atoms with Crippen molar-refractivity contribution in [2.24, 2.45) is 4.99 Å². The number of aliphatic hydroxyl groups excluding tert-OH is 1. The maximum absolute atomic E-state index is 13.3. The molecule has 2 aromatic rings. The number of benzene rings is 2. The summed E-state index contributed by atoms with van der Waals surface area (Å²) in [6.07, 6.45) is 1.60. The van der Waals surface area contributed by atoms with Gasteiger partial charge in [0.1, 0.15) is 11.5 Å². The summed E-state index contributed by atoms with van der Waals surface area (Å²) < 4.78 is 5.16. The minimum absolute atomic E-state index is 0.0184. The first-order chi connectivity index (χ1) is 16.5. The number of carbonyl (C=O) groups is 3. The van der Waals surface area contributed by atoms with Crippen LogP contribution in [0.25, 0.3) is 0 Å². The third kappa shape index (κ3) is 5.13. The van der Waals surface area contributed by atoms with Crippen LogP contribution in [0.3, 0.4) is 0 Å². The Morgan fingerprint density at radius 2 is 1.79 bits per heavy atom. The van der Waals surface area contributed by atoms with Gasteiger partial charge in [0.2, 0.25) is 0 Å². The smallest absolute Gasteiger partial charge is 0.376 e. The molecule has 0 spiro atoms. The molecule has 0 radical (unpaired) electrons. The maximum Gasteiger partial charge on any atom is 0.376 e. The van der Waals surface area contributed by atoms with E-state index < -0.39 is 23.9 Å². The van der Waals surface area contributed by atoms with Gasteiger partial charge in [0, 0.05) is 24.7 Å². The molecule has 2 aliphatic rings. The first-order valence-corrected chi connectivity index (χ1v) is 10.7. The molecule has 2 aliphatic heterocycles. The van der Waals surface area contributed by atoms with E-state index in [1.165, 1.54) is 16.0 Å². The van der Waals surface area contributed by atoms with E-state index in [0.29, 0.717) is 42.9 Å². The van der Waals surface area contributed by atoms with E-state index in [1.807, 2.05) is 0 Å². The second-order valence-corrected chi connectivity index (χ2v) is 7.74. The lowest BCUT2D eigenvalue weighted by Gasteiger charge is -2.29. The van der Waals surface area contributed by atoms with Gasteiger partial charge in [-0.25, -0.2) is 14.8 Å². The van der Waals surface area contributed by atoms with Crippen LogP contribution in [0.1, 0.15) is 23.2 Å². The van der Waals surface area contributed by atoms with Gasteiger partial charge in [-0.3, -0.25) is 9.59 Å². The highest BCUT2D eigenvalue weighted by Crippen LogP contribution is 2.25. The van der Waals surface area contributed by atoms with E-state index in [9.17, 15) is 19.5 Å². The van der Waals surface area contributed by atoms with E-state index >= 15 is 0 Å². The second-order valence-electron chi connectivity index (χ2n) is 7.74. The summed E-state index contributed by atoms with van der Waals surface area (Å²) in [4.78, 5) is 49.1. The van der Waals surface area contributed by atoms with Crippen molar-refractivity contribution in [3.63, 3.8) is 0 Å². The molecule has 0 atom stereocenters. The van der Waals surface area contributed by atoms with E-state index in [-0.39, 0.29) is 11.4 Å². The molecule has 0 aromatic heterocycles. The lowest BCUT2D eigenvalue weighted by molar-refractivity contribution is -0.140. The number of hydrogen-bond donors (Lipinski definition) is 2. The van der Waals surface area contributed by atoms with Crippen molar-refractivity contribution >= 4 is 29.2 Å². The Hall–Kier alpha value is -4.02. The molecular formula is C24H24N4O6. The first kappa shape index (κ1) is 23.1. The van der Waals surface area contributed by atoms with Gasteiger partial charge in [0.25, 0.3) is 11.8 Å². The molecule has 2 saturated heterocycles. The minimum atomic E-state index is -0.738. The van der Waals surface area contributed by atoms with Crippen LogP contribution in [0.4, 0.5) is 5.69 Å². The molecule has 34 heavy (non-hydrogen) atoms. The molecule has 2 fully saturated rings. The van der Waals surface area contributed by atoms with Crippen molar-refractivity contribution in [2.45, 2.75) is 18.9 Å². The zero-order chi connectivity index (χ0) is 24.1. The molecule has 176 valence electrons. The molecule has 10 nitrogen and oxygen atoms in total. The van der Waals surface area contributed by atoms with Crippen LogP contribution in [0.2, 0.25) is 0 Å². The number of aliphatic hydroxyl groups is 1. The van der Waals surface area contributed by atoms with Crippen molar-refractivity contribution in [2.75, 3.05) is 25.2 Å². The van der Waals surface area contributed by atoms with Gasteiger partial charge in [0.05, 0.1) is 18.9 Å². The monoisotopic (exact) mass is 464 g/mol. The SMILES string of the molecule is COc1ccc(N2NOC(=O)/C2=C\C(=NC(=O)c2ccccc2)C(=O)N2CCC(O)CC2)cc1. The number of nitrogens with zero attached hydrogens (tertiary/aromatic N) is 3. The third-order valence-corrected chi connectivity index (χ3v) is 5.50. The highest BCUT2D eigenvalue weighted by Gasteiger charge is 2.32. The van der Waals surface area contributed by atoms with Crippen LogP contribution in [-0.2, 0) is 14.4 Å². The third-order valence-electron chi connectivity index (χ3n) is 5.50. The Kier molecular flexibility index (Phi) is 7.00. The highest BCUT2D eigenvalue weighted by molar-refractivity contribution is 6.45. The molecule has 0 aliphatic carbocycles. The van der Waals surface area contributed by atoms with Crippen molar-refractivity contribution in [3.05, 3.63) is 71.9 Å². The lowest BCUT2D eigenvalue weighted by atomic mass is 10.1. The Balaban J connectivity index is 1.70. The average molecular weight is 464 g/mol. The topological polar surface area (TPSA) is 121 Å². The van der Waals surface area contributed by atoms with E-state index in [1.54, 1.807) is 61.7 Å². The van der Waals surface area contributed by atoms with Crippen LogP contribution in [0, 0.1) is 0 Å². The number of likely N-dealkylation sites (tertiary alicyclic amines) is 1. The van der Waals surface area contributed by atoms with Gasteiger partial charge < -0.3 is 19.6 Å². The van der Waals surface area contributed by atoms with Gasteiger partial charge in [-0.2, -0.15) is 0 Å². The molecule has 0 unspecified atom stereocenters. The number of nitrogens with one attached hydrogen (secondary N) is 1. The number of hydrazine groups is 1. The van der Waals surface area contributed by atoms with Crippen molar-refractivity contribution in [1.29, 1.82) is 0 Å². The summed E-state index contributed by atoms with van der Waals surface area (Å²) in [7, 11) is 1.54. The van der Waals surface area contributed by atoms with Crippen molar-refractivity contribution in [3.8, 4) is 5.75 Å². The Morgan fingerprint density at radius 1 is 1.12 bits per heavy atom. The predicted molar refractivity (Wildman–Crippen MR) is 123 cm³/mol. The van der Waals surface area contributed by atoms with E-state index in [4.69, 9.17) is 9.57 Å². The summed E-state index contributed by atoms with van der Waals surface area (Å²) in [5.41, 5.74) is 3.12. The van der Waals surface area contributed by atoms with Gasteiger partial charge in [-0.05, 0) is 49.2 Å². The standard InChI is InChI=1S/C24H24N4O6/c1-33-19-9-7-17(8-10-19)28-21(24(32)34-26-28)15-20(23(31)27-13-11-18(29)12-14-27)25-22(30)16-5-3-2-4-6-16/h2-10,15,18,26,29H,11-14H2,1H3/b21-15+,25-20?. The largest absolute Gasteiger partial charge is 0.497 e. The molecule has 0 saturated carbocycles. The number of aliphatic imine (C=N–C) groups is 1. The Bertz CT molecular complexity index is 1120. The molecule has 0 bridgehead atoms. The van der Waals surface area contributed by atoms with Crippen LogP contribution in [-0.4, -0.2) is 59.8 Å². The zero-order valence-corrected chi connectivity index (χ0v) is 18.5. The minimum Gasteiger partial charge on any atom is -0.497 e. The molecule has 10 heteroatoms. The normalized spacial score (nSPS) is 18.2. The lowest BCUT2D eigenvalue weighted by Crippen LogP contribution is -2.43. The Morgan fingerprint density at radius 3 is 2.44 bits per heavy atom. The summed E-state index contributed by atoms with van der Waals surface area (Å²) >= 11 is 0. The van der Waals surface area contributed by atoms with Crippen LogP contribution < -0.4 is 15.3 Å². The zero-order valence-electron chi connectivity index (χ0n) is 18.5. The molecular weight excluding hydrogens is 440 g/mol. The fourth-order valence-electron chi connectivity index (χ4n) is 3.58. The number of ether oxygens (including phenoxy) is 1. The number of methoxy groups -OCH3 is 1. The quantitative estimate of drug-likeness (QED) is 0.506. The number of hydrogen-bond acceptors (Lipinski definition) is 8. The van der Waals surface area contributed by atoms with Crippen LogP contribution in [0.15, 0.2) is 71.4 Å². The van der Waals surface area contributed by atoms with Crippen LogP contribution in [0.5, 0.6) is 5.75 Å². The van der Waals surface area contributed by atoms with Crippen molar-refractivity contribution < 1.29 is 29.1 Å². The van der Waals surface area contributed by atoms with Crippen LogP contribution >= 0.6 is 0 Å². The fourth-order valence-corrected chi connectivity index (χ4v) is 3.58. The summed E-state index contributed by atoms with van der Waals surface area (Å²) in [6, 6.07) is 15.1. The summed E-state index contributed by atoms with van der Waals surface area (Å²) in [6.45, 7) is 0.624. The molecule has 2 heterocycles. The fraction of sp³-hybridized carbons (Fsp3) is 0.250. The number of carbonyl (C=O) groups excluding carboxylic acids is 3. The highest BCUT2D eigenvalue weighted by atomic mass is 16.7. The number of anilines is 1. The van der Waals surface area contributed by atoms with Gasteiger partial charge in [0.15, 0.2) is 5.70 Å². The average Bonchev–Trinajstić information content (AvgIpc) is 3.24. The number of rotatable bonds is 5. The van der Waals surface area contributed by atoms with E-state index in [2.05, 4.69) is 10.6 Å². The molecule has 2 amide bonds. The molecule has 2 aromatic carbocycles. The summed E-state index contributed by atoms with van der Waals surface area (Å²) in [5, 5.41) is 11.1. The predicted octanol–water partition coefficient (Wildman–Crippen LogP) is 1.63. The molecule has 4 rings (SSSR count). The first-order valence-electron chi connectivity index (χ1n) is 10.7. The maximum atomic E-state index is 13.3. The molecule has 2 N–H and O–H groups in total. The van der Waals surface area contributed by atoms with Gasteiger partial charge in [-0.15, -0.1) is 0 Å². The van der Waals surface area contributed by atoms with Crippen molar-refractivity contribution in [1.82, 2.24) is 10.5 Å². The second kappa shape index (κ2) is 10.3. The van der Waals surface area contributed by atoms with Gasteiger partial charge >= 0.3 is 5.97 Å². The summed E-state index contributed by atoms with van der Waals surface area (Å²) in [5.74, 6) is -1.25. The van der Waals surface area contributed by atoms with Gasteiger partial charge in [-0.1, -0.05) is 23.8 Å².